The summed E-state index contributed by atoms with van der Waals surface area (Å²) < 4.78 is 4.00. The lowest BCUT2D eigenvalue weighted by molar-refractivity contribution is 0.102. The van der Waals surface area contributed by atoms with Crippen LogP contribution in [0.25, 0.3) is 0 Å². The molecular weight excluding hydrogens is 250 g/mol. The molecule has 18 heavy (non-hydrogen) atoms. The highest BCUT2D eigenvalue weighted by Crippen LogP contribution is 2.19. The summed E-state index contributed by atoms with van der Waals surface area (Å²) in [6.07, 6.45) is 0. The second-order valence-corrected chi connectivity index (χ2v) is 4.55. The maximum absolute atomic E-state index is 12.0. The van der Waals surface area contributed by atoms with Crippen molar-refractivity contribution in [3.63, 3.8) is 0 Å². The summed E-state index contributed by atoms with van der Waals surface area (Å²) in [6.45, 7) is 3.70. The first-order valence-electron chi connectivity index (χ1n) is 5.29. The van der Waals surface area contributed by atoms with Crippen LogP contribution in [0.2, 0.25) is 0 Å². The van der Waals surface area contributed by atoms with E-state index >= 15 is 0 Å². The topological polar surface area (TPSA) is 92.9 Å². The molecule has 0 aliphatic heterocycles. The van der Waals surface area contributed by atoms with Gasteiger partial charge in [0.15, 0.2) is 0 Å². The van der Waals surface area contributed by atoms with Gasteiger partial charge in [0.25, 0.3) is 5.91 Å². The minimum atomic E-state index is -0.265. The Hall–Kier alpha value is -1.99. The van der Waals surface area contributed by atoms with Crippen LogP contribution < -0.4 is 16.6 Å². The summed E-state index contributed by atoms with van der Waals surface area (Å²) in [7, 11) is 0. The maximum Gasteiger partial charge on any atom is 0.259 e. The number of aromatic nitrogens is 2. The van der Waals surface area contributed by atoms with Crippen molar-refractivity contribution in [3.8, 4) is 0 Å². The van der Waals surface area contributed by atoms with Gasteiger partial charge in [0.2, 0.25) is 5.13 Å². The molecule has 0 radical (unpaired) electrons. The van der Waals surface area contributed by atoms with E-state index in [4.69, 9.17) is 5.84 Å². The fourth-order valence-corrected chi connectivity index (χ4v) is 2.06. The zero-order valence-electron chi connectivity index (χ0n) is 10.0. The minimum Gasteiger partial charge on any atom is -0.323 e. The van der Waals surface area contributed by atoms with E-state index in [0.717, 1.165) is 17.1 Å². The Morgan fingerprint density at radius 1 is 1.39 bits per heavy atom. The van der Waals surface area contributed by atoms with E-state index in [-0.39, 0.29) is 5.91 Å². The normalized spacial score (nSPS) is 10.2. The number of nitrogens with zero attached hydrogens (tertiary/aromatic N) is 2. The number of anilines is 2. The highest BCUT2D eigenvalue weighted by Gasteiger charge is 2.13. The second kappa shape index (κ2) is 5.11. The van der Waals surface area contributed by atoms with Crippen LogP contribution in [0.3, 0.4) is 0 Å². The zero-order chi connectivity index (χ0) is 13.1. The molecule has 4 N–H and O–H groups in total. The van der Waals surface area contributed by atoms with Crippen LogP contribution in [-0.4, -0.2) is 15.3 Å². The van der Waals surface area contributed by atoms with Crippen molar-refractivity contribution in [2.75, 3.05) is 10.7 Å². The summed E-state index contributed by atoms with van der Waals surface area (Å²) in [6, 6.07) is 5.37. The van der Waals surface area contributed by atoms with Crippen LogP contribution in [0.1, 0.15) is 21.7 Å². The molecule has 0 fully saturated rings. The molecular formula is C11H13N5OS. The van der Waals surface area contributed by atoms with E-state index in [0.29, 0.717) is 22.2 Å². The largest absolute Gasteiger partial charge is 0.323 e. The summed E-state index contributed by atoms with van der Waals surface area (Å²) in [4.78, 5) is 16.1. The quantitative estimate of drug-likeness (QED) is 0.579. The van der Waals surface area contributed by atoms with Gasteiger partial charge in [-0.1, -0.05) is 6.07 Å². The predicted octanol–water partition coefficient (Wildman–Crippen LogP) is 1.69. The van der Waals surface area contributed by atoms with Gasteiger partial charge in [-0.25, -0.2) is 4.98 Å². The van der Waals surface area contributed by atoms with Crippen molar-refractivity contribution in [1.82, 2.24) is 9.36 Å². The monoisotopic (exact) mass is 263 g/mol. The van der Waals surface area contributed by atoms with Crippen molar-refractivity contribution in [2.45, 2.75) is 13.8 Å². The molecule has 0 aliphatic rings. The lowest BCUT2D eigenvalue weighted by Crippen LogP contribution is -2.17. The number of amides is 1. The van der Waals surface area contributed by atoms with Gasteiger partial charge in [0, 0.05) is 11.5 Å². The molecule has 1 heterocycles. The molecule has 7 heteroatoms. The van der Waals surface area contributed by atoms with E-state index in [1.807, 2.05) is 13.0 Å². The number of aryl methyl sites for hydroxylation is 2. The number of carbonyl (C=O) groups is 1. The van der Waals surface area contributed by atoms with E-state index < -0.39 is 0 Å². The number of carbonyl (C=O) groups excluding carboxylic acids is 1. The molecule has 1 aromatic carbocycles. The molecule has 0 unspecified atom stereocenters. The molecule has 1 amide bonds. The number of hydrogen-bond donors (Lipinski definition) is 3. The van der Waals surface area contributed by atoms with Crippen molar-refractivity contribution >= 4 is 28.3 Å². The Bertz CT molecular complexity index is 581. The molecule has 0 bridgehead atoms. The van der Waals surface area contributed by atoms with Gasteiger partial charge in [-0.05, 0) is 31.5 Å². The third-order valence-electron chi connectivity index (χ3n) is 2.32. The molecule has 2 aromatic rings. The Labute approximate surface area is 108 Å². The molecule has 94 valence electrons. The van der Waals surface area contributed by atoms with E-state index in [9.17, 15) is 4.79 Å². The molecule has 0 spiro atoms. The van der Waals surface area contributed by atoms with Gasteiger partial charge in [-0.15, -0.1) is 0 Å². The number of nitrogens with two attached hydrogens (primary N) is 1. The Balaban J connectivity index is 2.23. The highest BCUT2D eigenvalue weighted by molar-refractivity contribution is 7.09. The predicted molar refractivity (Wildman–Crippen MR) is 71.6 cm³/mol. The Kier molecular flexibility index (Phi) is 3.54. The zero-order valence-corrected chi connectivity index (χ0v) is 10.8. The van der Waals surface area contributed by atoms with Crippen LogP contribution in [-0.2, 0) is 0 Å². The SMILES string of the molecule is Cc1ccc(C(=O)Nc2nc(C)ns2)c(NN)c1. The first kappa shape index (κ1) is 12.5. The number of nitrogen functional groups attached to an aromatic ring is 1. The molecule has 0 aliphatic carbocycles. The van der Waals surface area contributed by atoms with Crippen molar-refractivity contribution in [2.24, 2.45) is 5.84 Å². The lowest BCUT2D eigenvalue weighted by Gasteiger charge is -2.08. The average Bonchev–Trinajstić information content (AvgIpc) is 2.74. The number of rotatable bonds is 3. The number of nitrogens with one attached hydrogen (secondary N) is 2. The average molecular weight is 263 g/mol. The van der Waals surface area contributed by atoms with Crippen LogP contribution in [0.15, 0.2) is 18.2 Å². The summed E-state index contributed by atoms with van der Waals surface area (Å²) in [5.41, 5.74) is 4.58. The molecule has 2 rings (SSSR count). The van der Waals surface area contributed by atoms with Gasteiger partial charge in [-0.3, -0.25) is 16.0 Å². The standard InChI is InChI=1S/C11H13N5OS/c1-6-3-4-8(9(5-6)15-12)10(17)14-11-13-7(2)16-18-11/h3-5,15H,12H2,1-2H3,(H,13,14,16,17). The third kappa shape index (κ3) is 2.63. The van der Waals surface area contributed by atoms with Crippen molar-refractivity contribution in [1.29, 1.82) is 0 Å². The molecule has 1 aromatic heterocycles. The van der Waals surface area contributed by atoms with Crippen LogP contribution >= 0.6 is 11.5 Å². The molecule has 0 saturated heterocycles. The fraction of sp³-hybridized carbons (Fsp3) is 0.182. The van der Waals surface area contributed by atoms with Crippen LogP contribution in [0.5, 0.6) is 0 Å². The van der Waals surface area contributed by atoms with Crippen molar-refractivity contribution in [3.05, 3.63) is 35.2 Å². The van der Waals surface area contributed by atoms with Crippen molar-refractivity contribution < 1.29 is 4.79 Å². The van der Waals surface area contributed by atoms with Gasteiger partial charge >= 0.3 is 0 Å². The van der Waals surface area contributed by atoms with E-state index in [2.05, 4.69) is 20.1 Å². The smallest absolute Gasteiger partial charge is 0.259 e. The van der Waals surface area contributed by atoms with Crippen LogP contribution in [0.4, 0.5) is 10.8 Å². The summed E-state index contributed by atoms with van der Waals surface area (Å²) in [5, 5.41) is 3.16. The van der Waals surface area contributed by atoms with Gasteiger partial charge in [0.05, 0.1) is 11.3 Å². The number of hydrazine groups is 1. The van der Waals surface area contributed by atoms with Gasteiger partial charge < -0.3 is 5.43 Å². The highest BCUT2D eigenvalue weighted by atomic mass is 32.1. The van der Waals surface area contributed by atoms with Crippen LogP contribution in [0, 0.1) is 13.8 Å². The fourth-order valence-electron chi connectivity index (χ4n) is 1.49. The van der Waals surface area contributed by atoms with Gasteiger partial charge in [-0.2, -0.15) is 4.37 Å². The third-order valence-corrected chi connectivity index (χ3v) is 3.05. The first-order chi connectivity index (χ1) is 8.60. The first-order valence-corrected chi connectivity index (χ1v) is 6.06. The maximum atomic E-state index is 12.0. The Morgan fingerprint density at radius 2 is 2.17 bits per heavy atom. The molecule has 6 nitrogen and oxygen atoms in total. The summed E-state index contributed by atoms with van der Waals surface area (Å²) >= 11 is 1.14. The minimum absolute atomic E-state index is 0.265. The summed E-state index contributed by atoms with van der Waals surface area (Å²) in [5.74, 6) is 5.77. The molecule has 0 atom stereocenters. The van der Waals surface area contributed by atoms with E-state index in [1.165, 1.54) is 0 Å². The second-order valence-electron chi connectivity index (χ2n) is 3.79. The Morgan fingerprint density at radius 3 is 2.78 bits per heavy atom. The molecule has 0 saturated carbocycles. The number of hydrogen-bond acceptors (Lipinski definition) is 6. The lowest BCUT2D eigenvalue weighted by atomic mass is 10.1. The number of benzene rings is 1. The van der Waals surface area contributed by atoms with E-state index in [1.54, 1.807) is 19.1 Å². The van der Waals surface area contributed by atoms with Gasteiger partial charge in [0.1, 0.15) is 5.82 Å².